The number of hydrogen-bond donors (Lipinski definition) is 0. The van der Waals surface area contributed by atoms with Gasteiger partial charge >= 0.3 is 11.9 Å². The Kier molecular flexibility index (Phi) is 36.9. The van der Waals surface area contributed by atoms with Crippen LogP contribution in [0.25, 0.3) is 0 Å². The molecule has 0 aromatic rings. The molecule has 5 nitrogen and oxygen atoms in total. The van der Waals surface area contributed by atoms with E-state index in [0.717, 1.165) is 57.3 Å². The Morgan fingerprint density at radius 2 is 0.854 bits per heavy atom. The summed E-state index contributed by atoms with van der Waals surface area (Å²) in [5, 5.41) is 0. The van der Waals surface area contributed by atoms with Crippen LogP contribution in [0, 0.1) is 5.92 Å². The van der Waals surface area contributed by atoms with E-state index in [1.54, 1.807) is 0 Å². The number of unbranched alkanes of at least 4 members (excludes halogenated alkanes) is 17. The average Bonchev–Trinajstić information content (AvgIpc) is 3.07. The molecule has 0 N–H and O–H groups in total. The number of allylic oxidation sites excluding steroid dienone is 2. The predicted molar refractivity (Wildman–Crippen MR) is 207 cm³/mol. The summed E-state index contributed by atoms with van der Waals surface area (Å²) in [6, 6.07) is 0. The van der Waals surface area contributed by atoms with Crippen molar-refractivity contribution in [2.24, 2.45) is 5.92 Å². The molecule has 0 atom stereocenters. The summed E-state index contributed by atoms with van der Waals surface area (Å²) in [6.45, 7) is 6.70. The Labute approximate surface area is 299 Å². The highest BCUT2D eigenvalue weighted by Gasteiger charge is 2.10. The molecule has 0 radical (unpaired) electrons. The van der Waals surface area contributed by atoms with Gasteiger partial charge in [0.1, 0.15) is 0 Å². The highest BCUT2D eigenvalue weighted by Crippen LogP contribution is 2.24. The first-order chi connectivity index (χ1) is 23.5. The molecule has 0 aromatic heterocycles. The van der Waals surface area contributed by atoms with Crippen LogP contribution in [0.15, 0.2) is 24.3 Å². The third kappa shape index (κ3) is 37.2. The molecule has 0 rings (SSSR count). The predicted octanol–water partition coefficient (Wildman–Crippen LogP) is 12.7. The van der Waals surface area contributed by atoms with Crippen molar-refractivity contribution in [1.29, 1.82) is 0 Å². The minimum absolute atomic E-state index is 0.0317. The fourth-order valence-electron chi connectivity index (χ4n) is 6.23. The summed E-state index contributed by atoms with van der Waals surface area (Å²) in [7, 11) is 4.33. The van der Waals surface area contributed by atoms with E-state index in [1.165, 1.54) is 129 Å². The van der Waals surface area contributed by atoms with Gasteiger partial charge in [-0.3, -0.25) is 9.59 Å². The molecule has 0 fully saturated rings. The van der Waals surface area contributed by atoms with Crippen LogP contribution >= 0.6 is 0 Å². The zero-order valence-electron chi connectivity index (χ0n) is 32.6. The van der Waals surface area contributed by atoms with Crippen molar-refractivity contribution in [2.75, 3.05) is 33.9 Å². The molecule has 0 amide bonds. The lowest BCUT2D eigenvalue weighted by molar-refractivity contribution is -0.144. The summed E-state index contributed by atoms with van der Waals surface area (Å²) in [5.74, 6) is 0.777. The molecule has 0 aliphatic carbocycles. The summed E-state index contributed by atoms with van der Waals surface area (Å²) in [6.07, 6.45) is 42.7. The molecule has 282 valence electrons. The lowest BCUT2D eigenvalue weighted by Gasteiger charge is -2.18. The van der Waals surface area contributed by atoms with Crippen LogP contribution in [0.2, 0.25) is 0 Å². The Hall–Kier alpha value is -1.62. The summed E-state index contributed by atoms with van der Waals surface area (Å²) in [5.41, 5.74) is 0. The fourth-order valence-corrected chi connectivity index (χ4v) is 6.23. The van der Waals surface area contributed by atoms with Crippen molar-refractivity contribution < 1.29 is 19.1 Å². The molecule has 0 heterocycles. The van der Waals surface area contributed by atoms with E-state index in [0.29, 0.717) is 26.1 Å². The molecule has 0 aliphatic rings. The van der Waals surface area contributed by atoms with Crippen LogP contribution in [-0.2, 0) is 19.1 Å². The fraction of sp³-hybridized carbons (Fsp3) is 0.860. The van der Waals surface area contributed by atoms with Crippen molar-refractivity contribution in [2.45, 2.75) is 200 Å². The van der Waals surface area contributed by atoms with Gasteiger partial charge in [0.05, 0.1) is 13.2 Å². The average molecular weight is 676 g/mol. The smallest absolute Gasteiger partial charge is 0.305 e. The lowest BCUT2D eigenvalue weighted by atomic mass is 9.90. The first-order valence-corrected chi connectivity index (χ1v) is 20.8. The summed E-state index contributed by atoms with van der Waals surface area (Å²) >= 11 is 0. The molecule has 0 saturated carbocycles. The van der Waals surface area contributed by atoms with E-state index in [2.05, 4.69) is 57.1 Å². The Morgan fingerprint density at radius 1 is 0.479 bits per heavy atom. The summed E-state index contributed by atoms with van der Waals surface area (Å²) in [4.78, 5) is 26.4. The monoisotopic (exact) mass is 676 g/mol. The van der Waals surface area contributed by atoms with Gasteiger partial charge < -0.3 is 14.4 Å². The standard InChI is InChI=1S/C43H81NO4/c1-5-7-9-11-13-15-23-31-39-47-42(45)36-27-21-17-19-25-33-41(35-29-30-38-44(3)4)34-26-20-18-22-28-37-43(46)48-40-32-24-16-14-12-10-8-6-2/h15-16,23-24,41H,5-14,17-22,25-40H2,1-4H3/b23-15-,24-16-. The van der Waals surface area contributed by atoms with E-state index in [-0.39, 0.29) is 11.9 Å². The van der Waals surface area contributed by atoms with Gasteiger partial charge in [0.15, 0.2) is 0 Å². The van der Waals surface area contributed by atoms with Gasteiger partial charge in [0, 0.05) is 12.8 Å². The van der Waals surface area contributed by atoms with E-state index in [9.17, 15) is 9.59 Å². The molecular formula is C43H81NO4. The van der Waals surface area contributed by atoms with Gasteiger partial charge in [-0.25, -0.2) is 0 Å². The zero-order valence-corrected chi connectivity index (χ0v) is 32.6. The van der Waals surface area contributed by atoms with Crippen LogP contribution in [-0.4, -0.2) is 50.7 Å². The second-order valence-electron chi connectivity index (χ2n) is 14.4. The number of carbonyl (C=O) groups is 2. The molecule has 0 aromatic carbocycles. The Morgan fingerprint density at radius 3 is 1.29 bits per heavy atom. The van der Waals surface area contributed by atoms with Gasteiger partial charge in [-0.2, -0.15) is 0 Å². The molecular weight excluding hydrogens is 594 g/mol. The highest BCUT2D eigenvalue weighted by atomic mass is 16.5. The van der Waals surface area contributed by atoms with Gasteiger partial charge in [0.2, 0.25) is 0 Å². The van der Waals surface area contributed by atoms with E-state index in [4.69, 9.17) is 9.47 Å². The lowest BCUT2D eigenvalue weighted by Crippen LogP contribution is -2.13. The van der Waals surface area contributed by atoms with Crippen molar-refractivity contribution in [3.63, 3.8) is 0 Å². The van der Waals surface area contributed by atoms with Crippen LogP contribution in [0.4, 0.5) is 0 Å². The highest BCUT2D eigenvalue weighted by molar-refractivity contribution is 5.69. The first kappa shape index (κ1) is 46.4. The molecule has 0 spiro atoms. The summed E-state index contributed by atoms with van der Waals surface area (Å²) < 4.78 is 10.8. The maximum Gasteiger partial charge on any atom is 0.305 e. The van der Waals surface area contributed by atoms with Gasteiger partial charge in [-0.15, -0.1) is 0 Å². The molecule has 0 saturated heterocycles. The molecule has 0 aliphatic heterocycles. The first-order valence-electron chi connectivity index (χ1n) is 20.8. The molecule has 0 bridgehead atoms. The number of carbonyl (C=O) groups excluding carboxylic acids is 2. The van der Waals surface area contributed by atoms with E-state index < -0.39 is 0 Å². The van der Waals surface area contributed by atoms with Crippen molar-refractivity contribution in [3.8, 4) is 0 Å². The number of nitrogens with zero attached hydrogens (tertiary/aromatic N) is 1. The normalized spacial score (nSPS) is 11.9. The molecule has 5 heteroatoms. The maximum absolute atomic E-state index is 12.0. The number of hydrogen-bond acceptors (Lipinski definition) is 5. The zero-order chi connectivity index (χ0) is 35.2. The van der Waals surface area contributed by atoms with E-state index in [1.807, 2.05) is 0 Å². The van der Waals surface area contributed by atoms with Crippen LogP contribution in [0.1, 0.15) is 200 Å². The SMILES string of the molecule is CCCCCC/C=C\CCOC(=O)CCCCCCCC(CCCCCCCC(=O)OCC/C=C\CCCCCC)CCCCN(C)C. The largest absolute Gasteiger partial charge is 0.465 e. The van der Waals surface area contributed by atoms with Crippen molar-refractivity contribution in [1.82, 2.24) is 4.90 Å². The van der Waals surface area contributed by atoms with Gasteiger partial charge in [-0.05, 0) is 84.3 Å². The number of esters is 2. The van der Waals surface area contributed by atoms with Crippen LogP contribution in [0.5, 0.6) is 0 Å². The van der Waals surface area contributed by atoms with Gasteiger partial charge in [0.25, 0.3) is 0 Å². The third-order valence-corrected chi connectivity index (χ3v) is 9.33. The third-order valence-electron chi connectivity index (χ3n) is 9.33. The molecule has 0 unspecified atom stereocenters. The maximum atomic E-state index is 12.0. The minimum Gasteiger partial charge on any atom is -0.465 e. The molecule has 48 heavy (non-hydrogen) atoms. The van der Waals surface area contributed by atoms with Crippen molar-refractivity contribution >= 4 is 11.9 Å². The number of ether oxygens (including phenoxy) is 2. The van der Waals surface area contributed by atoms with E-state index >= 15 is 0 Å². The second-order valence-corrected chi connectivity index (χ2v) is 14.4. The Bertz CT molecular complexity index is 693. The van der Waals surface area contributed by atoms with Gasteiger partial charge in [-0.1, -0.05) is 154 Å². The minimum atomic E-state index is -0.0317. The Balaban J connectivity index is 3.91. The van der Waals surface area contributed by atoms with Crippen molar-refractivity contribution in [3.05, 3.63) is 24.3 Å². The second kappa shape index (κ2) is 38.2. The van der Waals surface area contributed by atoms with Crippen LogP contribution < -0.4 is 0 Å². The number of rotatable bonds is 37. The van der Waals surface area contributed by atoms with Crippen LogP contribution in [0.3, 0.4) is 0 Å². The quantitative estimate of drug-likeness (QED) is 0.0373. The topological polar surface area (TPSA) is 55.8 Å².